The molecule has 0 bridgehead atoms. The average molecular weight is 246 g/mol. The molecule has 2 N–H and O–H groups in total. The highest BCUT2D eigenvalue weighted by atomic mass is 35.5. The van der Waals surface area contributed by atoms with Crippen molar-refractivity contribution in [1.82, 2.24) is 0 Å². The molecule has 1 aromatic carbocycles. The van der Waals surface area contributed by atoms with Crippen molar-refractivity contribution in [2.24, 2.45) is 5.73 Å². The van der Waals surface area contributed by atoms with Crippen LogP contribution in [-0.4, -0.2) is 13.7 Å². The van der Waals surface area contributed by atoms with Gasteiger partial charge >= 0.3 is 0 Å². The molecule has 1 fully saturated rings. The number of hydrogen-bond acceptors (Lipinski definition) is 2. The zero-order chi connectivity index (χ0) is 11.1. The van der Waals surface area contributed by atoms with E-state index in [1.54, 1.807) is 13.2 Å². The summed E-state index contributed by atoms with van der Waals surface area (Å²) in [6.07, 6.45) is 2.18. The molecule has 1 aliphatic carbocycles. The Hall–Kier alpha value is -0.440. The van der Waals surface area contributed by atoms with Crippen molar-refractivity contribution in [1.29, 1.82) is 0 Å². The van der Waals surface area contributed by atoms with Crippen LogP contribution in [0.2, 0.25) is 10.0 Å². The summed E-state index contributed by atoms with van der Waals surface area (Å²) in [4.78, 5) is 0. The van der Waals surface area contributed by atoms with E-state index < -0.39 is 0 Å². The molecule has 0 aliphatic heterocycles. The van der Waals surface area contributed by atoms with Crippen LogP contribution in [0.1, 0.15) is 18.4 Å². The van der Waals surface area contributed by atoms with E-state index in [1.807, 2.05) is 6.07 Å². The third-order valence-corrected chi connectivity index (χ3v) is 3.67. The monoisotopic (exact) mass is 245 g/mol. The van der Waals surface area contributed by atoms with Gasteiger partial charge in [0.15, 0.2) is 0 Å². The molecule has 0 unspecified atom stereocenters. The van der Waals surface area contributed by atoms with Crippen LogP contribution in [0.4, 0.5) is 0 Å². The van der Waals surface area contributed by atoms with Crippen LogP contribution >= 0.6 is 23.2 Å². The van der Waals surface area contributed by atoms with Crippen molar-refractivity contribution in [3.05, 3.63) is 27.7 Å². The Balaban J connectivity index is 2.45. The largest absolute Gasteiger partial charge is 0.495 e. The molecule has 2 rings (SSSR count). The first-order valence-corrected chi connectivity index (χ1v) is 5.62. The molecule has 0 saturated heterocycles. The van der Waals surface area contributed by atoms with E-state index in [-0.39, 0.29) is 5.41 Å². The maximum atomic E-state index is 6.19. The van der Waals surface area contributed by atoms with Crippen molar-refractivity contribution in [2.75, 3.05) is 13.7 Å². The van der Waals surface area contributed by atoms with Gasteiger partial charge in [-0.3, -0.25) is 0 Å². The SMILES string of the molecule is COc1cc(Cl)c(C2(CN)CC2)cc1Cl. The Labute approximate surface area is 99.3 Å². The molecule has 15 heavy (non-hydrogen) atoms. The number of rotatable bonds is 3. The van der Waals surface area contributed by atoms with Gasteiger partial charge in [-0.15, -0.1) is 0 Å². The van der Waals surface area contributed by atoms with Gasteiger partial charge in [0.25, 0.3) is 0 Å². The van der Waals surface area contributed by atoms with Crippen LogP contribution in [-0.2, 0) is 5.41 Å². The molecule has 1 saturated carbocycles. The fourth-order valence-corrected chi connectivity index (χ4v) is 2.42. The third-order valence-electron chi connectivity index (χ3n) is 3.06. The molecule has 0 radical (unpaired) electrons. The second-order valence-electron chi connectivity index (χ2n) is 3.95. The lowest BCUT2D eigenvalue weighted by atomic mass is 9.96. The molecule has 4 heteroatoms. The van der Waals surface area contributed by atoms with E-state index in [0.29, 0.717) is 22.3 Å². The molecule has 1 aromatic rings. The van der Waals surface area contributed by atoms with E-state index in [9.17, 15) is 0 Å². The smallest absolute Gasteiger partial charge is 0.138 e. The van der Waals surface area contributed by atoms with Gasteiger partial charge in [-0.1, -0.05) is 23.2 Å². The number of nitrogens with two attached hydrogens (primary N) is 1. The van der Waals surface area contributed by atoms with Crippen molar-refractivity contribution in [3.63, 3.8) is 0 Å². The molecule has 1 aliphatic rings. The van der Waals surface area contributed by atoms with Gasteiger partial charge in [-0.2, -0.15) is 0 Å². The predicted molar refractivity (Wildman–Crippen MR) is 63.0 cm³/mol. The summed E-state index contributed by atoms with van der Waals surface area (Å²) in [5, 5.41) is 1.29. The summed E-state index contributed by atoms with van der Waals surface area (Å²) in [5.74, 6) is 0.609. The Bertz CT molecular complexity index is 388. The first-order valence-electron chi connectivity index (χ1n) is 4.86. The van der Waals surface area contributed by atoms with E-state index in [2.05, 4.69) is 0 Å². The maximum absolute atomic E-state index is 6.19. The van der Waals surface area contributed by atoms with Crippen molar-refractivity contribution >= 4 is 23.2 Å². The van der Waals surface area contributed by atoms with Crippen LogP contribution in [0.15, 0.2) is 12.1 Å². The molecule has 0 atom stereocenters. The van der Waals surface area contributed by atoms with E-state index in [1.165, 1.54) is 0 Å². The fourth-order valence-electron chi connectivity index (χ4n) is 1.83. The van der Waals surface area contributed by atoms with Gasteiger partial charge in [0.2, 0.25) is 0 Å². The maximum Gasteiger partial charge on any atom is 0.138 e. The Morgan fingerprint density at radius 2 is 2.00 bits per heavy atom. The second-order valence-corrected chi connectivity index (χ2v) is 4.77. The minimum Gasteiger partial charge on any atom is -0.495 e. The van der Waals surface area contributed by atoms with Gasteiger partial charge in [0.05, 0.1) is 12.1 Å². The molecule has 0 aromatic heterocycles. The minimum absolute atomic E-state index is 0.0625. The summed E-state index contributed by atoms with van der Waals surface area (Å²) in [6.45, 7) is 0.620. The number of methoxy groups -OCH3 is 1. The van der Waals surface area contributed by atoms with Gasteiger partial charge in [-0.05, 0) is 24.5 Å². The zero-order valence-corrected chi connectivity index (χ0v) is 10.0. The van der Waals surface area contributed by atoms with E-state index in [4.69, 9.17) is 33.7 Å². The van der Waals surface area contributed by atoms with Crippen LogP contribution < -0.4 is 10.5 Å². The summed E-state index contributed by atoms with van der Waals surface area (Å²) < 4.78 is 5.10. The molecular weight excluding hydrogens is 233 g/mol. The normalized spacial score (nSPS) is 17.6. The van der Waals surface area contributed by atoms with Crippen LogP contribution in [0, 0.1) is 0 Å². The van der Waals surface area contributed by atoms with Gasteiger partial charge in [0, 0.05) is 23.0 Å². The van der Waals surface area contributed by atoms with E-state index >= 15 is 0 Å². The molecule has 0 amide bonds. The summed E-state index contributed by atoms with van der Waals surface area (Å²) >= 11 is 12.3. The van der Waals surface area contributed by atoms with Crippen molar-refractivity contribution in [3.8, 4) is 5.75 Å². The average Bonchev–Trinajstić information content (AvgIpc) is 3.01. The minimum atomic E-state index is 0.0625. The molecular formula is C11H13Cl2NO. The van der Waals surface area contributed by atoms with Gasteiger partial charge < -0.3 is 10.5 Å². The summed E-state index contributed by atoms with van der Waals surface area (Å²) in [5.41, 5.74) is 6.87. The van der Waals surface area contributed by atoms with Crippen LogP contribution in [0.5, 0.6) is 5.75 Å². The lowest BCUT2D eigenvalue weighted by Gasteiger charge is -2.16. The quantitative estimate of drug-likeness (QED) is 0.889. The standard InChI is InChI=1S/C11H13Cl2NO/c1-15-10-5-8(12)7(4-9(10)13)11(6-14)2-3-11/h4-5H,2-3,6,14H2,1H3. The first-order chi connectivity index (χ1) is 7.13. The summed E-state index contributed by atoms with van der Waals surface area (Å²) in [6, 6.07) is 3.64. The highest BCUT2D eigenvalue weighted by Gasteiger charge is 2.44. The first kappa shape index (κ1) is 11.1. The molecule has 0 heterocycles. The Morgan fingerprint density at radius 3 is 2.47 bits per heavy atom. The summed E-state index contributed by atoms with van der Waals surface area (Å²) in [7, 11) is 1.58. The number of ether oxygens (including phenoxy) is 1. The highest BCUT2D eigenvalue weighted by molar-refractivity contribution is 6.34. The second kappa shape index (κ2) is 3.85. The predicted octanol–water partition coefficient (Wildman–Crippen LogP) is 2.99. The van der Waals surface area contributed by atoms with Crippen molar-refractivity contribution < 1.29 is 4.74 Å². The lowest BCUT2D eigenvalue weighted by molar-refractivity contribution is 0.414. The Morgan fingerprint density at radius 1 is 1.33 bits per heavy atom. The van der Waals surface area contributed by atoms with Gasteiger partial charge in [-0.25, -0.2) is 0 Å². The van der Waals surface area contributed by atoms with Crippen molar-refractivity contribution in [2.45, 2.75) is 18.3 Å². The third kappa shape index (κ3) is 1.82. The number of halogens is 2. The number of hydrogen-bond donors (Lipinski definition) is 1. The van der Waals surface area contributed by atoms with Gasteiger partial charge in [0.1, 0.15) is 5.75 Å². The number of benzene rings is 1. The fraction of sp³-hybridized carbons (Fsp3) is 0.455. The zero-order valence-electron chi connectivity index (χ0n) is 8.52. The molecule has 0 spiro atoms. The van der Waals surface area contributed by atoms with Crippen LogP contribution in [0.25, 0.3) is 0 Å². The molecule has 2 nitrogen and oxygen atoms in total. The Kier molecular flexibility index (Phi) is 2.84. The van der Waals surface area contributed by atoms with Crippen LogP contribution in [0.3, 0.4) is 0 Å². The highest BCUT2D eigenvalue weighted by Crippen LogP contribution is 2.51. The molecule has 82 valence electrons. The topological polar surface area (TPSA) is 35.2 Å². The lowest BCUT2D eigenvalue weighted by Crippen LogP contribution is -2.20. The van der Waals surface area contributed by atoms with E-state index in [0.717, 1.165) is 18.4 Å².